The van der Waals surface area contributed by atoms with Crippen LogP contribution >= 0.6 is 0 Å². The summed E-state index contributed by atoms with van der Waals surface area (Å²) in [6, 6.07) is 1.07. The van der Waals surface area contributed by atoms with Crippen LogP contribution in [0.5, 0.6) is 11.8 Å². The highest BCUT2D eigenvalue weighted by atomic mass is 19.1. The number of aromatic nitrogens is 1. The van der Waals surface area contributed by atoms with Crippen LogP contribution in [0.3, 0.4) is 0 Å². The van der Waals surface area contributed by atoms with Crippen LogP contribution in [-0.2, 0) is 11.3 Å². The number of nitrogens with zero attached hydrogens (tertiary/aromatic N) is 1. The summed E-state index contributed by atoms with van der Waals surface area (Å²) in [5.41, 5.74) is 0.441. The second-order valence-electron chi connectivity index (χ2n) is 6.80. The Morgan fingerprint density at radius 1 is 1.31 bits per heavy atom. The molecule has 2 heterocycles. The first-order valence-corrected chi connectivity index (χ1v) is 9.12. The summed E-state index contributed by atoms with van der Waals surface area (Å²) < 4.78 is 38.4. The van der Waals surface area contributed by atoms with Crippen molar-refractivity contribution in [3.05, 3.63) is 17.4 Å². The van der Waals surface area contributed by atoms with E-state index in [0.29, 0.717) is 31.2 Å². The van der Waals surface area contributed by atoms with E-state index in [1.165, 1.54) is 13.2 Å². The zero-order valence-corrected chi connectivity index (χ0v) is 14.9. The molecule has 0 unspecified atom stereocenters. The molecule has 1 aliphatic heterocycles. The molecule has 1 aromatic heterocycles. The summed E-state index contributed by atoms with van der Waals surface area (Å²) in [4.78, 5) is 16.2. The highest BCUT2D eigenvalue weighted by Crippen LogP contribution is 2.29. The van der Waals surface area contributed by atoms with Crippen LogP contribution in [0.1, 0.15) is 44.1 Å². The molecular formula is C18H25F2N3O3. The molecule has 1 amide bonds. The molecule has 2 aliphatic rings. The first-order valence-electron chi connectivity index (χ1n) is 9.12. The average Bonchev–Trinajstić information content (AvgIpc) is 3.18. The molecule has 6 nitrogen and oxygen atoms in total. The number of ether oxygens (including phenoxy) is 2. The molecule has 1 saturated carbocycles. The quantitative estimate of drug-likeness (QED) is 0.805. The highest BCUT2D eigenvalue weighted by Gasteiger charge is 2.25. The van der Waals surface area contributed by atoms with Crippen LogP contribution in [0.2, 0.25) is 0 Å². The van der Waals surface area contributed by atoms with Crippen LogP contribution in [0.4, 0.5) is 8.78 Å². The molecule has 1 saturated heterocycles. The summed E-state index contributed by atoms with van der Waals surface area (Å²) in [5.74, 6) is -0.665. The van der Waals surface area contributed by atoms with Gasteiger partial charge >= 0.3 is 0 Å². The van der Waals surface area contributed by atoms with Crippen molar-refractivity contribution < 1.29 is 23.0 Å². The fraction of sp³-hybridized carbons (Fsp3) is 0.667. The van der Waals surface area contributed by atoms with E-state index in [4.69, 9.17) is 9.47 Å². The van der Waals surface area contributed by atoms with Gasteiger partial charge in [0.2, 0.25) is 11.8 Å². The number of methoxy groups -OCH3 is 1. The molecule has 0 aromatic carbocycles. The second-order valence-corrected chi connectivity index (χ2v) is 6.80. The molecule has 0 bridgehead atoms. The predicted octanol–water partition coefficient (Wildman–Crippen LogP) is 2.26. The van der Waals surface area contributed by atoms with E-state index in [-0.39, 0.29) is 36.4 Å². The maximum atomic E-state index is 14.4. The molecule has 0 spiro atoms. The Labute approximate surface area is 151 Å². The van der Waals surface area contributed by atoms with E-state index in [1.807, 2.05) is 0 Å². The van der Waals surface area contributed by atoms with Crippen LogP contribution in [0, 0.1) is 5.82 Å². The third kappa shape index (κ3) is 4.60. The van der Waals surface area contributed by atoms with Crippen LogP contribution in [-0.4, -0.2) is 42.9 Å². The van der Waals surface area contributed by atoms with Gasteiger partial charge in [0, 0.05) is 12.1 Å². The van der Waals surface area contributed by atoms with Gasteiger partial charge in [-0.3, -0.25) is 4.79 Å². The Kier molecular flexibility index (Phi) is 6.24. The predicted molar refractivity (Wildman–Crippen MR) is 91.4 cm³/mol. The molecule has 8 heteroatoms. The van der Waals surface area contributed by atoms with Gasteiger partial charge in [0.05, 0.1) is 13.2 Å². The summed E-state index contributed by atoms with van der Waals surface area (Å²) in [6.45, 7) is 0.950. The van der Waals surface area contributed by atoms with Gasteiger partial charge in [0.15, 0.2) is 5.82 Å². The molecule has 144 valence electrons. The van der Waals surface area contributed by atoms with Gasteiger partial charge in [0.1, 0.15) is 12.3 Å². The fourth-order valence-corrected chi connectivity index (χ4v) is 3.39. The fourth-order valence-electron chi connectivity index (χ4n) is 3.39. The number of pyridine rings is 1. The Balaban J connectivity index is 1.63. The second kappa shape index (κ2) is 8.62. The molecule has 0 radical (unpaired) electrons. The number of amides is 1. The molecule has 2 fully saturated rings. The Morgan fingerprint density at radius 3 is 2.73 bits per heavy atom. The van der Waals surface area contributed by atoms with Gasteiger partial charge in [0.25, 0.3) is 5.88 Å². The van der Waals surface area contributed by atoms with Crippen LogP contribution < -0.4 is 20.1 Å². The number of carbonyl (C=O) groups is 1. The number of rotatable bonds is 6. The summed E-state index contributed by atoms with van der Waals surface area (Å²) >= 11 is 0. The number of nitrogens with one attached hydrogen (secondary N) is 2. The number of hydrogen-bond donors (Lipinski definition) is 2. The van der Waals surface area contributed by atoms with E-state index >= 15 is 0 Å². The van der Waals surface area contributed by atoms with Crippen molar-refractivity contribution >= 4 is 5.91 Å². The SMILES string of the molecule is COc1nc(OC2CCC(F)CC2)c(F)cc1CNC(=O)[C@@H]1CCCN1. The van der Waals surface area contributed by atoms with Crippen molar-refractivity contribution in [3.63, 3.8) is 0 Å². The monoisotopic (exact) mass is 369 g/mol. The molecule has 1 aromatic rings. The topological polar surface area (TPSA) is 72.5 Å². The third-order valence-corrected chi connectivity index (χ3v) is 4.89. The minimum absolute atomic E-state index is 0.117. The molecule has 1 atom stereocenters. The van der Waals surface area contributed by atoms with Gasteiger partial charge in [-0.05, 0) is 51.1 Å². The highest BCUT2D eigenvalue weighted by molar-refractivity contribution is 5.82. The van der Waals surface area contributed by atoms with E-state index in [9.17, 15) is 13.6 Å². The normalized spacial score (nSPS) is 25.7. The summed E-state index contributed by atoms with van der Waals surface area (Å²) in [7, 11) is 1.43. The molecular weight excluding hydrogens is 344 g/mol. The minimum atomic E-state index is -0.803. The number of carbonyl (C=O) groups excluding carboxylic acids is 1. The standard InChI is InChI=1S/C18H25F2N3O3/c1-25-17-11(10-22-16(24)15-3-2-8-21-15)9-14(20)18(23-17)26-13-6-4-12(19)5-7-13/h9,12-13,15,21H,2-8,10H2,1H3,(H,22,24)/t12?,13?,15-/m0/s1. The summed E-state index contributed by atoms with van der Waals surface area (Å²) in [6.07, 6.45) is 2.63. The Morgan fingerprint density at radius 2 is 2.08 bits per heavy atom. The molecule has 2 N–H and O–H groups in total. The van der Waals surface area contributed by atoms with E-state index in [0.717, 1.165) is 19.4 Å². The van der Waals surface area contributed by atoms with Crippen LogP contribution in [0.25, 0.3) is 0 Å². The van der Waals surface area contributed by atoms with E-state index in [2.05, 4.69) is 15.6 Å². The van der Waals surface area contributed by atoms with Crippen molar-refractivity contribution in [2.75, 3.05) is 13.7 Å². The van der Waals surface area contributed by atoms with Crippen molar-refractivity contribution in [1.82, 2.24) is 15.6 Å². The van der Waals surface area contributed by atoms with E-state index < -0.39 is 12.0 Å². The first kappa shape index (κ1) is 18.8. The molecule has 1 aliphatic carbocycles. The van der Waals surface area contributed by atoms with Crippen molar-refractivity contribution in [3.8, 4) is 11.8 Å². The van der Waals surface area contributed by atoms with Gasteiger partial charge < -0.3 is 20.1 Å². The Hall–Kier alpha value is -1.96. The molecule has 26 heavy (non-hydrogen) atoms. The smallest absolute Gasteiger partial charge is 0.254 e. The van der Waals surface area contributed by atoms with Gasteiger partial charge in [-0.2, -0.15) is 4.98 Å². The lowest BCUT2D eigenvalue weighted by Gasteiger charge is -2.25. The number of hydrogen-bond acceptors (Lipinski definition) is 5. The van der Waals surface area contributed by atoms with Crippen molar-refractivity contribution in [2.45, 2.75) is 63.4 Å². The van der Waals surface area contributed by atoms with Crippen molar-refractivity contribution in [1.29, 1.82) is 0 Å². The maximum Gasteiger partial charge on any atom is 0.254 e. The third-order valence-electron chi connectivity index (χ3n) is 4.89. The summed E-state index contributed by atoms with van der Waals surface area (Å²) in [5, 5.41) is 5.89. The lowest BCUT2D eigenvalue weighted by atomic mass is 9.96. The van der Waals surface area contributed by atoms with Gasteiger partial charge in [-0.15, -0.1) is 0 Å². The largest absolute Gasteiger partial charge is 0.481 e. The Bertz CT molecular complexity index is 630. The minimum Gasteiger partial charge on any atom is -0.481 e. The van der Waals surface area contributed by atoms with E-state index in [1.54, 1.807) is 0 Å². The maximum absolute atomic E-state index is 14.4. The molecule has 3 rings (SSSR count). The van der Waals surface area contributed by atoms with Gasteiger partial charge in [-0.1, -0.05) is 0 Å². The number of alkyl halides is 1. The lowest BCUT2D eigenvalue weighted by molar-refractivity contribution is -0.122. The average molecular weight is 369 g/mol. The first-order chi connectivity index (χ1) is 12.6. The van der Waals surface area contributed by atoms with Gasteiger partial charge in [-0.25, -0.2) is 8.78 Å². The lowest BCUT2D eigenvalue weighted by Crippen LogP contribution is -2.40. The zero-order valence-electron chi connectivity index (χ0n) is 14.9. The zero-order chi connectivity index (χ0) is 18.5. The van der Waals surface area contributed by atoms with Crippen molar-refractivity contribution in [2.24, 2.45) is 0 Å². The number of halogens is 2. The van der Waals surface area contributed by atoms with Crippen LogP contribution in [0.15, 0.2) is 6.07 Å².